The van der Waals surface area contributed by atoms with E-state index in [1.807, 2.05) is 0 Å². The molecule has 0 saturated carbocycles. The molecule has 0 aromatic carbocycles. The Morgan fingerprint density at radius 3 is 2.35 bits per heavy atom. The summed E-state index contributed by atoms with van der Waals surface area (Å²) < 4.78 is 5.94. The van der Waals surface area contributed by atoms with E-state index in [0.717, 1.165) is 19.6 Å². The van der Waals surface area contributed by atoms with Crippen molar-refractivity contribution in [3.63, 3.8) is 0 Å². The molecule has 17 heavy (non-hydrogen) atoms. The van der Waals surface area contributed by atoms with Gasteiger partial charge in [-0.05, 0) is 39.7 Å². The molecule has 1 N–H and O–H groups in total. The summed E-state index contributed by atoms with van der Waals surface area (Å²) in [6.07, 6.45) is 4.70. The van der Waals surface area contributed by atoms with Crippen molar-refractivity contribution in [1.82, 2.24) is 10.2 Å². The number of ether oxygens (including phenoxy) is 1. The van der Waals surface area contributed by atoms with E-state index in [4.69, 9.17) is 4.74 Å². The average Bonchev–Trinajstić information content (AvgIpc) is 2.67. The van der Waals surface area contributed by atoms with Gasteiger partial charge in [-0.25, -0.2) is 0 Å². The summed E-state index contributed by atoms with van der Waals surface area (Å²) >= 11 is 0. The maximum atomic E-state index is 5.94. The van der Waals surface area contributed by atoms with E-state index in [0.29, 0.717) is 18.2 Å². The quantitative estimate of drug-likeness (QED) is 0.795. The lowest BCUT2D eigenvalue weighted by Crippen LogP contribution is -2.62. The summed E-state index contributed by atoms with van der Waals surface area (Å²) in [6.45, 7) is 12.5. The molecule has 0 aliphatic carbocycles. The molecule has 4 atom stereocenters. The Balaban J connectivity index is 2.06. The van der Waals surface area contributed by atoms with Gasteiger partial charge in [-0.15, -0.1) is 0 Å². The maximum Gasteiger partial charge on any atom is 0.0707 e. The Morgan fingerprint density at radius 2 is 1.88 bits per heavy atom. The highest BCUT2D eigenvalue weighted by atomic mass is 16.5. The van der Waals surface area contributed by atoms with Gasteiger partial charge in [-0.2, -0.15) is 0 Å². The van der Waals surface area contributed by atoms with Crippen LogP contribution in [0.3, 0.4) is 0 Å². The first-order chi connectivity index (χ1) is 8.10. The minimum Gasteiger partial charge on any atom is -0.372 e. The van der Waals surface area contributed by atoms with Crippen molar-refractivity contribution in [3.05, 3.63) is 0 Å². The Morgan fingerprint density at radius 1 is 1.29 bits per heavy atom. The Kier molecular flexibility index (Phi) is 4.11. The molecule has 0 amide bonds. The van der Waals surface area contributed by atoms with Crippen LogP contribution < -0.4 is 5.32 Å². The summed E-state index contributed by atoms with van der Waals surface area (Å²) in [5.74, 6) is 0. The SMILES string of the molecule is CCNC(C)C(C)(CC)N1CC2CCC(C1)O2. The molecule has 3 nitrogen and oxygen atoms in total. The van der Waals surface area contributed by atoms with Crippen LogP contribution in [0, 0.1) is 0 Å². The van der Waals surface area contributed by atoms with Crippen LogP contribution in [-0.2, 0) is 4.74 Å². The lowest BCUT2D eigenvalue weighted by molar-refractivity contribution is -0.0828. The zero-order valence-corrected chi connectivity index (χ0v) is 11.8. The van der Waals surface area contributed by atoms with Gasteiger partial charge in [0.1, 0.15) is 0 Å². The van der Waals surface area contributed by atoms with Gasteiger partial charge in [-0.1, -0.05) is 13.8 Å². The fraction of sp³-hybridized carbons (Fsp3) is 1.00. The molecule has 2 bridgehead atoms. The molecule has 2 heterocycles. The van der Waals surface area contributed by atoms with Gasteiger partial charge in [0.25, 0.3) is 0 Å². The zero-order valence-electron chi connectivity index (χ0n) is 11.8. The van der Waals surface area contributed by atoms with Crippen molar-refractivity contribution in [2.75, 3.05) is 19.6 Å². The van der Waals surface area contributed by atoms with Gasteiger partial charge in [0, 0.05) is 24.7 Å². The smallest absolute Gasteiger partial charge is 0.0707 e. The van der Waals surface area contributed by atoms with Crippen LogP contribution in [0.2, 0.25) is 0 Å². The van der Waals surface area contributed by atoms with E-state index in [1.54, 1.807) is 0 Å². The highest BCUT2D eigenvalue weighted by molar-refractivity contribution is 4.99. The second-order valence-electron chi connectivity index (χ2n) is 5.85. The van der Waals surface area contributed by atoms with Gasteiger partial charge in [0.15, 0.2) is 0 Å². The minimum absolute atomic E-state index is 0.265. The first-order valence-electron chi connectivity index (χ1n) is 7.24. The van der Waals surface area contributed by atoms with Crippen LogP contribution in [0.25, 0.3) is 0 Å². The second-order valence-corrected chi connectivity index (χ2v) is 5.85. The van der Waals surface area contributed by atoms with Crippen molar-refractivity contribution < 1.29 is 4.74 Å². The highest BCUT2D eigenvalue weighted by Crippen LogP contribution is 2.33. The van der Waals surface area contributed by atoms with E-state index in [2.05, 4.69) is 37.9 Å². The van der Waals surface area contributed by atoms with Gasteiger partial charge >= 0.3 is 0 Å². The van der Waals surface area contributed by atoms with E-state index in [-0.39, 0.29) is 5.54 Å². The molecule has 2 saturated heterocycles. The molecule has 4 unspecified atom stereocenters. The number of rotatable bonds is 5. The van der Waals surface area contributed by atoms with Crippen LogP contribution in [0.5, 0.6) is 0 Å². The van der Waals surface area contributed by atoms with Crippen LogP contribution in [0.4, 0.5) is 0 Å². The fourth-order valence-corrected chi connectivity index (χ4v) is 3.36. The fourth-order valence-electron chi connectivity index (χ4n) is 3.36. The third kappa shape index (κ3) is 2.51. The number of fused-ring (bicyclic) bond motifs is 2. The van der Waals surface area contributed by atoms with E-state index < -0.39 is 0 Å². The summed E-state index contributed by atoms with van der Waals surface area (Å²) in [4.78, 5) is 2.67. The first-order valence-corrected chi connectivity index (χ1v) is 7.24. The average molecular weight is 240 g/mol. The highest BCUT2D eigenvalue weighted by Gasteiger charge is 2.43. The monoisotopic (exact) mass is 240 g/mol. The summed E-state index contributed by atoms with van der Waals surface area (Å²) in [7, 11) is 0. The summed E-state index contributed by atoms with van der Waals surface area (Å²) in [5, 5.41) is 3.60. The molecule has 0 aromatic rings. The second kappa shape index (κ2) is 5.25. The van der Waals surface area contributed by atoms with Crippen molar-refractivity contribution in [1.29, 1.82) is 0 Å². The molecular weight excluding hydrogens is 212 g/mol. The normalized spacial score (nSPS) is 34.6. The molecule has 2 aliphatic heterocycles. The molecule has 0 spiro atoms. The Hall–Kier alpha value is -0.120. The number of nitrogens with zero attached hydrogens (tertiary/aromatic N) is 1. The van der Waals surface area contributed by atoms with Crippen LogP contribution in [0.1, 0.15) is 47.0 Å². The summed E-state index contributed by atoms with van der Waals surface area (Å²) in [5.41, 5.74) is 0.265. The minimum atomic E-state index is 0.265. The number of hydrogen-bond acceptors (Lipinski definition) is 3. The Labute approximate surface area is 106 Å². The van der Waals surface area contributed by atoms with Gasteiger partial charge in [0.05, 0.1) is 12.2 Å². The molecule has 2 rings (SSSR count). The zero-order chi connectivity index (χ0) is 12.5. The van der Waals surface area contributed by atoms with E-state index in [1.165, 1.54) is 19.3 Å². The molecule has 0 radical (unpaired) electrons. The third-order valence-electron chi connectivity index (χ3n) is 4.92. The predicted molar refractivity (Wildman–Crippen MR) is 71.3 cm³/mol. The van der Waals surface area contributed by atoms with Gasteiger partial charge < -0.3 is 10.1 Å². The van der Waals surface area contributed by atoms with Crippen molar-refractivity contribution >= 4 is 0 Å². The molecule has 100 valence electrons. The van der Waals surface area contributed by atoms with Crippen molar-refractivity contribution in [2.45, 2.75) is 70.7 Å². The van der Waals surface area contributed by atoms with Crippen LogP contribution in [0.15, 0.2) is 0 Å². The topological polar surface area (TPSA) is 24.5 Å². The molecule has 3 heteroatoms. The van der Waals surface area contributed by atoms with E-state index >= 15 is 0 Å². The number of hydrogen-bond donors (Lipinski definition) is 1. The Bertz CT molecular complexity index is 247. The first kappa shape index (κ1) is 13.3. The number of likely N-dealkylation sites (tertiary alicyclic amines) is 1. The maximum absolute atomic E-state index is 5.94. The molecular formula is C14H28N2O. The summed E-state index contributed by atoms with van der Waals surface area (Å²) in [6, 6.07) is 0.537. The predicted octanol–water partition coefficient (Wildman–Crippen LogP) is 2.02. The molecule has 2 aliphatic rings. The third-order valence-corrected chi connectivity index (χ3v) is 4.92. The van der Waals surface area contributed by atoms with Gasteiger partial charge in [0.2, 0.25) is 0 Å². The number of likely N-dealkylation sites (N-methyl/N-ethyl adjacent to an activating group) is 1. The molecule has 2 fully saturated rings. The number of morpholine rings is 1. The largest absolute Gasteiger partial charge is 0.372 e. The van der Waals surface area contributed by atoms with E-state index in [9.17, 15) is 0 Å². The van der Waals surface area contributed by atoms with Crippen molar-refractivity contribution in [2.24, 2.45) is 0 Å². The standard InChI is InChI=1S/C14H28N2O/c1-5-14(4,11(3)15-6-2)16-9-12-7-8-13(10-16)17-12/h11-13,15H,5-10H2,1-4H3. The lowest BCUT2D eigenvalue weighted by atomic mass is 9.87. The van der Waals surface area contributed by atoms with Gasteiger partial charge in [-0.3, -0.25) is 4.90 Å². The van der Waals surface area contributed by atoms with Crippen molar-refractivity contribution in [3.8, 4) is 0 Å². The van der Waals surface area contributed by atoms with Crippen LogP contribution in [-0.4, -0.2) is 48.3 Å². The lowest BCUT2D eigenvalue weighted by Gasteiger charge is -2.48. The number of nitrogens with one attached hydrogen (secondary N) is 1. The van der Waals surface area contributed by atoms with Crippen LogP contribution >= 0.6 is 0 Å². The molecule has 0 aromatic heterocycles.